The number of rotatable bonds is 4. The number of benzene rings is 2. The second-order valence-corrected chi connectivity index (χ2v) is 7.46. The maximum atomic E-state index is 13.3. The Hall–Kier alpha value is -4.39. The molecule has 4 aromatic rings. The minimum absolute atomic E-state index is 0.000926. The Labute approximate surface area is 191 Å². The van der Waals surface area contributed by atoms with Gasteiger partial charge in [0.2, 0.25) is 0 Å². The zero-order valence-corrected chi connectivity index (χ0v) is 18.2. The maximum absolute atomic E-state index is 13.3. The van der Waals surface area contributed by atoms with Gasteiger partial charge in [0.15, 0.2) is 5.69 Å². The summed E-state index contributed by atoms with van der Waals surface area (Å²) in [4.78, 5) is 29.7. The molecule has 0 saturated heterocycles. The number of alkyl halides is 3. The van der Waals surface area contributed by atoms with Gasteiger partial charge in [0, 0.05) is 12.7 Å². The first-order valence-electron chi connectivity index (χ1n) is 10.2. The van der Waals surface area contributed by atoms with E-state index in [9.17, 15) is 22.8 Å². The molecule has 0 spiro atoms. The van der Waals surface area contributed by atoms with Crippen LogP contribution in [-0.4, -0.2) is 18.9 Å². The summed E-state index contributed by atoms with van der Waals surface area (Å²) in [7, 11) is 1.28. The number of halogens is 3. The molecule has 7 nitrogen and oxygen atoms in total. The Morgan fingerprint density at radius 3 is 2.35 bits per heavy atom. The fraction of sp³-hybridized carbons (Fsp3) is 0.167. The average molecular weight is 465 g/mol. The largest absolute Gasteiger partial charge is 0.416 e. The Kier molecular flexibility index (Phi) is 5.71. The lowest BCUT2D eigenvalue weighted by Gasteiger charge is -2.19. The van der Waals surface area contributed by atoms with Gasteiger partial charge in [-0.25, -0.2) is 14.3 Å². The molecule has 34 heavy (non-hydrogen) atoms. The summed E-state index contributed by atoms with van der Waals surface area (Å²) in [6.45, 7) is 8.82. The number of aromatic nitrogens is 4. The smallest absolute Gasteiger partial charge is 0.268 e. The summed E-state index contributed by atoms with van der Waals surface area (Å²) in [5, 5.41) is 4.29. The van der Waals surface area contributed by atoms with Crippen molar-refractivity contribution in [3.63, 3.8) is 0 Å². The number of hydrogen-bond donors (Lipinski definition) is 0. The van der Waals surface area contributed by atoms with Gasteiger partial charge in [0.25, 0.3) is 5.56 Å². The normalized spacial score (nSPS) is 11.4. The van der Waals surface area contributed by atoms with Crippen LogP contribution in [0.4, 0.5) is 18.9 Å². The Morgan fingerprint density at radius 1 is 1.03 bits per heavy atom. The predicted molar refractivity (Wildman–Crippen MR) is 120 cm³/mol. The first kappa shape index (κ1) is 22.8. The maximum Gasteiger partial charge on any atom is 0.416 e. The van der Waals surface area contributed by atoms with Crippen molar-refractivity contribution >= 4 is 5.69 Å². The predicted octanol–water partition coefficient (Wildman–Crippen LogP) is 4.52. The summed E-state index contributed by atoms with van der Waals surface area (Å²) in [6, 6.07) is 12.6. The van der Waals surface area contributed by atoms with Crippen LogP contribution in [0, 0.1) is 6.57 Å². The molecule has 172 valence electrons. The van der Waals surface area contributed by atoms with E-state index in [2.05, 4.69) is 9.94 Å². The van der Waals surface area contributed by atoms with E-state index in [1.807, 2.05) is 0 Å². The van der Waals surface area contributed by atoms with Crippen LogP contribution in [0.5, 0.6) is 0 Å². The quantitative estimate of drug-likeness (QED) is 0.416. The first-order valence-corrected chi connectivity index (χ1v) is 10.2. The molecule has 0 amide bonds. The van der Waals surface area contributed by atoms with E-state index in [4.69, 9.17) is 6.57 Å². The van der Waals surface area contributed by atoms with E-state index in [0.717, 1.165) is 21.3 Å². The van der Waals surface area contributed by atoms with Gasteiger partial charge in [-0.1, -0.05) is 25.1 Å². The molecule has 0 aliphatic carbocycles. The summed E-state index contributed by atoms with van der Waals surface area (Å²) < 4.78 is 43.5. The molecule has 0 N–H and O–H groups in total. The molecule has 0 saturated carbocycles. The van der Waals surface area contributed by atoms with E-state index >= 15 is 0 Å². The monoisotopic (exact) mass is 465 g/mol. The molecule has 2 heterocycles. The zero-order chi connectivity index (χ0) is 24.6. The van der Waals surface area contributed by atoms with Crippen LogP contribution in [0.1, 0.15) is 18.2 Å². The lowest BCUT2D eigenvalue weighted by molar-refractivity contribution is -0.137. The average Bonchev–Trinajstić information content (AvgIpc) is 3.31. The van der Waals surface area contributed by atoms with Crippen molar-refractivity contribution in [2.75, 3.05) is 0 Å². The molecule has 0 fully saturated rings. The molecule has 10 heteroatoms. The van der Waals surface area contributed by atoms with Crippen LogP contribution in [-0.2, 0) is 19.6 Å². The van der Waals surface area contributed by atoms with E-state index in [1.54, 1.807) is 37.3 Å². The van der Waals surface area contributed by atoms with Crippen molar-refractivity contribution in [1.29, 1.82) is 0 Å². The topological polar surface area (TPSA) is 66.2 Å². The summed E-state index contributed by atoms with van der Waals surface area (Å²) in [6.07, 6.45) is -2.92. The third kappa shape index (κ3) is 3.81. The van der Waals surface area contributed by atoms with Gasteiger partial charge < -0.3 is 0 Å². The molecular formula is C24H18F3N5O2. The van der Waals surface area contributed by atoms with E-state index in [0.29, 0.717) is 17.1 Å². The second-order valence-electron chi connectivity index (χ2n) is 7.46. The molecule has 0 unspecified atom stereocenters. The van der Waals surface area contributed by atoms with Crippen molar-refractivity contribution in [2.45, 2.75) is 19.5 Å². The van der Waals surface area contributed by atoms with Crippen LogP contribution in [0.15, 0.2) is 70.4 Å². The van der Waals surface area contributed by atoms with Crippen LogP contribution in [0.2, 0.25) is 0 Å². The molecular weight excluding hydrogens is 447 g/mol. The first-order chi connectivity index (χ1) is 16.2. The van der Waals surface area contributed by atoms with Gasteiger partial charge in [-0.15, -0.1) is 0 Å². The molecule has 0 bridgehead atoms. The minimum Gasteiger partial charge on any atom is -0.268 e. The highest BCUT2D eigenvalue weighted by molar-refractivity contribution is 5.65. The van der Waals surface area contributed by atoms with Crippen LogP contribution >= 0.6 is 0 Å². The standard InChI is InChI=1S/C24H18F3N5O2/c1-4-19-21(20-12-13-29-32(20)17-10-8-16(28-2)9-11-17)22(33)30(3)23(34)31(19)18-7-5-6-15(14-18)24(25,26)27/h5-14H,4H2,1,3H3. The van der Waals surface area contributed by atoms with Crippen LogP contribution in [0.3, 0.4) is 0 Å². The molecule has 2 aromatic carbocycles. The van der Waals surface area contributed by atoms with E-state index in [-0.39, 0.29) is 23.4 Å². The van der Waals surface area contributed by atoms with E-state index < -0.39 is 23.0 Å². The molecule has 0 aliphatic heterocycles. The van der Waals surface area contributed by atoms with Crippen LogP contribution < -0.4 is 11.2 Å². The van der Waals surface area contributed by atoms with Crippen molar-refractivity contribution < 1.29 is 13.2 Å². The highest BCUT2D eigenvalue weighted by Crippen LogP contribution is 2.31. The van der Waals surface area contributed by atoms with Crippen LogP contribution in [0.25, 0.3) is 27.5 Å². The Balaban J connectivity index is 2.02. The molecule has 4 rings (SSSR count). The lowest BCUT2D eigenvalue weighted by atomic mass is 10.1. The number of hydrogen-bond acceptors (Lipinski definition) is 3. The second kappa shape index (κ2) is 8.51. The van der Waals surface area contributed by atoms with Crippen molar-refractivity contribution in [3.05, 3.63) is 104 Å². The van der Waals surface area contributed by atoms with Crippen molar-refractivity contribution in [1.82, 2.24) is 18.9 Å². The van der Waals surface area contributed by atoms with Gasteiger partial charge in [-0.05, 0) is 42.8 Å². The number of nitrogens with zero attached hydrogens (tertiary/aromatic N) is 5. The summed E-state index contributed by atoms with van der Waals surface area (Å²) >= 11 is 0. The lowest BCUT2D eigenvalue weighted by Crippen LogP contribution is -2.40. The minimum atomic E-state index is -4.59. The summed E-state index contributed by atoms with van der Waals surface area (Å²) in [5.41, 5.74) is -0.467. The molecule has 2 aromatic heterocycles. The Bertz CT molecular complexity index is 1540. The summed E-state index contributed by atoms with van der Waals surface area (Å²) in [5.74, 6) is 0. The van der Waals surface area contributed by atoms with Gasteiger partial charge in [-0.2, -0.15) is 18.3 Å². The van der Waals surface area contributed by atoms with Gasteiger partial charge in [-0.3, -0.25) is 13.9 Å². The highest BCUT2D eigenvalue weighted by atomic mass is 19.4. The fourth-order valence-electron chi connectivity index (χ4n) is 3.80. The van der Waals surface area contributed by atoms with Gasteiger partial charge in [0.05, 0.1) is 41.0 Å². The third-order valence-electron chi connectivity index (χ3n) is 5.44. The van der Waals surface area contributed by atoms with Crippen molar-refractivity contribution in [3.8, 4) is 22.6 Å². The molecule has 0 radical (unpaired) electrons. The fourth-order valence-corrected chi connectivity index (χ4v) is 3.80. The van der Waals surface area contributed by atoms with Gasteiger partial charge >= 0.3 is 11.9 Å². The molecule has 0 atom stereocenters. The van der Waals surface area contributed by atoms with E-state index in [1.165, 1.54) is 30.1 Å². The third-order valence-corrected chi connectivity index (χ3v) is 5.44. The van der Waals surface area contributed by atoms with Gasteiger partial charge in [0.1, 0.15) is 0 Å². The SMILES string of the molecule is [C-]#[N+]c1ccc(-n2nccc2-c2c(CC)n(-c3cccc(C(F)(F)F)c3)c(=O)n(C)c2=O)cc1. The zero-order valence-electron chi connectivity index (χ0n) is 18.2. The Morgan fingerprint density at radius 2 is 1.74 bits per heavy atom. The highest BCUT2D eigenvalue weighted by Gasteiger charge is 2.31. The van der Waals surface area contributed by atoms with Crippen molar-refractivity contribution in [2.24, 2.45) is 7.05 Å². The molecule has 0 aliphatic rings.